The van der Waals surface area contributed by atoms with Gasteiger partial charge in [-0.3, -0.25) is 10.1 Å². The van der Waals surface area contributed by atoms with Gasteiger partial charge in [-0.1, -0.05) is 11.6 Å². The molecular formula is C6H4ArClNO2. The van der Waals surface area contributed by atoms with E-state index in [2.05, 4.69) is 0 Å². The molecule has 0 amide bonds. The third kappa shape index (κ3) is 3.38. The van der Waals surface area contributed by atoms with Crippen molar-refractivity contribution in [3.63, 3.8) is 0 Å². The van der Waals surface area contributed by atoms with Crippen LogP contribution in [0.1, 0.15) is 0 Å². The van der Waals surface area contributed by atoms with E-state index in [0.29, 0.717) is 5.02 Å². The summed E-state index contributed by atoms with van der Waals surface area (Å²) in [5.74, 6) is 0. The van der Waals surface area contributed by atoms with Crippen LogP contribution in [0.2, 0.25) is 5.02 Å². The summed E-state index contributed by atoms with van der Waals surface area (Å²) in [5, 5.41) is 10.6. The first-order valence-corrected chi connectivity index (χ1v) is 2.98. The van der Waals surface area contributed by atoms with Crippen molar-refractivity contribution in [1.82, 2.24) is 0 Å². The number of hydrogen-bond donors (Lipinski definition) is 0. The Balaban J connectivity index is 0.000001000. The van der Waals surface area contributed by atoms with Crippen molar-refractivity contribution >= 4 is 17.3 Å². The Hall–Kier alpha value is 0.170. The molecule has 0 saturated heterocycles. The van der Waals surface area contributed by atoms with Crippen molar-refractivity contribution in [2.75, 3.05) is 0 Å². The van der Waals surface area contributed by atoms with Gasteiger partial charge in [0.1, 0.15) is 0 Å². The van der Waals surface area contributed by atoms with E-state index in [4.69, 9.17) is 11.6 Å². The van der Waals surface area contributed by atoms with Crippen LogP contribution in [0, 0.1) is 47.9 Å². The molecule has 0 heterocycles. The van der Waals surface area contributed by atoms with Crippen molar-refractivity contribution in [3.05, 3.63) is 39.4 Å². The topological polar surface area (TPSA) is 43.1 Å². The molecule has 0 spiro atoms. The third-order valence-corrected chi connectivity index (χ3v) is 1.29. The molecule has 1 rings (SSSR count). The Kier molecular flexibility index (Phi) is 5.01. The number of nitrogens with zero attached hydrogens (tertiary/aromatic N) is 1. The van der Waals surface area contributed by atoms with Crippen LogP contribution in [0.3, 0.4) is 0 Å². The van der Waals surface area contributed by atoms with E-state index in [9.17, 15) is 10.1 Å². The fourth-order valence-electron chi connectivity index (χ4n) is 0.563. The predicted octanol–water partition coefficient (Wildman–Crippen LogP) is 2.25. The fourth-order valence-corrected chi connectivity index (χ4v) is 0.689. The van der Waals surface area contributed by atoms with Crippen molar-refractivity contribution in [2.45, 2.75) is 0 Å². The average Bonchev–Trinajstić information content (AvgIpc) is 1.88. The first-order valence-electron chi connectivity index (χ1n) is 2.60. The molecule has 11 heavy (non-hydrogen) atoms. The van der Waals surface area contributed by atoms with Crippen molar-refractivity contribution in [1.29, 1.82) is 0 Å². The fraction of sp³-hybridized carbons (Fsp3) is 0. The molecule has 0 aromatic heterocycles. The average molecular weight is 198 g/mol. The van der Waals surface area contributed by atoms with Crippen LogP contribution in [0.15, 0.2) is 24.3 Å². The minimum atomic E-state index is -0.462. The molecule has 0 fully saturated rings. The first kappa shape index (κ1) is 11.2. The zero-order valence-electron chi connectivity index (χ0n) is 5.30. The molecule has 0 aliphatic heterocycles. The SMILES string of the molecule is O=[N+]([O-])c1ccc(Cl)cc1.[Ar]. The minimum absolute atomic E-state index is 0. The maximum atomic E-state index is 10.1. The number of rotatable bonds is 1. The molecule has 0 aliphatic rings. The summed E-state index contributed by atoms with van der Waals surface area (Å²) in [7, 11) is 0. The molecule has 0 unspecified atom stereocenters. The molecule has 1 aromatic carbocycles. The maximum absolute atomic E-state index is 10.1. The number of nitro groups is 1. The molecule has 0 saturated carbocycles. The second kappa shape index (κ2) is 4.93. The summed E-state index contributed by atoms with van der Waals surface area (Å²) in [6.45, 7) is 0. The van der Waals surface area contributed by atoms with E-state index in [-0.39, 0.29) is 43.4 Å². The Labute approximate surface area is 98.5 Å². The van der Waals surface area contributed by atoms with E-state index in [0.717, 1.165) is 0 Å². The number of nitro benzene ring substituents is 1. The normalized spacial score (nSPS) is 8.45. The largest absolute Gasteiger partial charge is 0.269 e. The van der Waals surface area contributed by atoms with Gasteiger partial charge in [-0.05, 0) is 12.1 Å². The molecule has 0 atom stereocenters. The second-order valence-corrected chi connectivity index (χ2v) is 2.17. The number of benzene rings is 1. The van der Waals surface area contributed by atoms with Crippen LogP contribution in [0.25, 0.3) is 0 Å². The van der Waals surface area contributed by atoms with Crippen LogP contribution >= 0.6 is 11.6 Å². The van der Waals surface area contributed by atoms with E-state index < -0.39 is 4.92 Å². The predicted molar refractivity (Wildman–Crippen MR) is 38.1 cm³/mol. The number of hydrogen-bond acceptors (Lipinski definition) is 2. The third-order valence-electron chi connectivity index (χ3n) is 1.04. The van der Waals surface area contributed by atoms with Gasteiger partial charge in [-0.15, -0.1) is 0 Å². The standard InChI is InChI=1S/C6H4ClNO2.Ar/c7-5-1-3-6(4-2-5)8(9)10;/h1-4H;. The summed E-state index contributed by atoms with van der Waals surface area (Å²) in [5.41, 5.74) is 0.0596. The summed E-state index contributed by atoms with van der Waals surface area (Å²) in [6, 6.07) is 5.70. The van der Waals surface area contributed by atoms with Gasteiger partial charge < -0.3 is 0 Å². The quantitative estimate of drug-likeness (QED) is 0.512. The molecule has 0 bridgehead atoms. The summed E-state index contributed by atoms with van der Waals surface area (Å²) in [4.78, 5) is 9.61. The Morgan fingerprint density at radius 1 is 1.27 bits per heavy atom. The second-order valence-electron chi connectivity index (χ2n) is 1.73. The van der Waals surface area contributed by atoms with Crippen molar-refractivity contribution in [3.8, 4) is 0 Å². The molecule has 1 aromatic rings. The van der Waals surface area contributed by atoms with E-state index in [1.165, 1.54) is 24.3 Å². The van der Waals surface area contributed by atoms with Gasteiger partial charge in [0, 0.05) is 54.9 Å². The Morgan fingerprint density at radius 3 is 2.09 bits per heavy atom. The first-order chi connectivity index (χ1) is 4.70. The van der Waals surface area contributed by atoms with Crippen LogP contribution in [0.5, 0.6) is 0 Å². The molecule has 60 valence electrons. The summed E-state index contributed by atoms with van der Waals surface area (Å²) < 4.78 is 0. The van der Waals surface area contributed by atoms with Crippen LogP contribution < -0.4 is 0 Å². The van der Waals surface area contributed by atoms with Gasteiger partial charge in [0.15, 0.2) is 0 Å². The van der Waals surface area contributed by atoms with Crippen LogP contribution in [0.4, 0.5) is 5.69 Å². The minimum Gasteiger partial charge on any atom is -0.258 e. The van der Waals surface area contributed by atoms with E-state index >= 15 is 0 Å². The molecule has 3 nitrogen and oxygen atoms in total. The van der Waals surface area contributed by atoms with Gasteiger partial charge in [-0.2, -0.15) is 0 Å². The molecule has 0 aliphatic carbocycles. The van der Waals surface area contributed by atoms with Gasteiger partial charge >= 0.3 is 0 Å². The van der Waals surface area contributed by atoms with Gasteiger partial charge in [-0.25, -0.2) is 0 Å². The number of non-ortho nitro benzene ring substituents is 1. The van der Waals surface area contributed by atoms with Gasteiger partial charge in [0.05, 0.1) is 4.92 Å². The number of halogens is 1. The summed E-state index contributed by atoms with van der Waals surface area (Å²) >= 11 is 5.49. The van der Waals surface area contributed by atoms with Crippen LogP contribution in [-0.4, -0.2) is 4.92 Å². The molecule has 0 radical (unpaired) electrons. The zero-order valence-corrected chi connectivity index (χ0v) is 6.77. The monoisotopic (exact) mass is 197 g/mol. The maximum Gasteiger partial charge on any atom is 0.269 e. The van der Waals surface area contributed by atoms with E-state index in [1.807, 2.05) is 0 Å². The molecular weight excluding hydrogens is 193 g/mol. The summed E-state index contributed by atoms with van der Waals surface area (Å²) in [6.07, 6.45) is 0. The molecule has 5 heteroatoms. The Bertz CT molecular complexity index is 249. The van der Waals surface area contributed by atoms with Crippen molar-refractivity contribution < 1.29 is 42.7 Å². The Morgan fingerprint density at radius 2 is 1.73 bits per heavy atom. The van der Waals surface area contributed by atoms with Crippen molar-refractivity contribution in [2.24, 2.45) is 0 Å². The van der Waals surface area contributed by atoms with Gasteiger partial charge in [0.2, 0.25) is 0 Å². The smallest absolute Gasteiger partial charge is 0.258 e. The van der Waals surface area contributed by atoms with Gasteiger partial charge in [0.25, 0.3) is 5.69 Å². The van der Waals surface area contributed by atoms with Crippen LogP contribution in [-0.2, 0) is 0 Å². The zero-order chi connectivity index (χ0) is 7.56. The molecule has 0 N–H and O–H groups in total. The van der Waals surface area contributed by atoms with E-state index in [1.54, 1.807) is 0 Å².